The van der Waals surface area contributed by atoms with Crippen LogP contribution in [-0.4, -0.2) is 18.5 Å². The number of carbonyl (C=O) groups is 2. The Bertz CT molecular complexity index is 460. The summed E-state index contributed by atoms with van der Waals surface area (Å²) < 4.78 is 0. The van der Waals surface area contributed by atoms with Gasteiger partial charge in [0.25, 0.3) is 0 Å². The maximum Gasteiger partial charge on any atom is 0.316 e. The first-order valence-corrected chi connectivity index (χ1v) is 6.11. The Balaban J connectivity index is 2.76. The summed E-state index contributed by atoms with van der Waals surface area (Å²) in [5.41, 5.74) is 11.7. The molecule has 0 aromatic heterocycles. The molecule has 0 aliphatic heterocycles. The topological polar surface area (TPSA) is 110 Å². The molecule has 1 unspecified atom stereocenters. The van der Waals surface area contributed by atoms with E-state index in [1.165, 1.54) is 0 Å². The number of rotatable bonds is 5. The van der Waals surface area contributed by atoms with Gasteiger partial charge in [0.15, 0.2) is 0 Å². The molecule has 6 N–H and O–H groups in total. The standard InChI is InChI=1S/C13H20N4O2/c1-8(2)11(7-14)12(18)16-9-4-3-5-10(6-9)17-13(15)19/h3-6,8,11H,7,14H2,1-2H3,(H,16,18)(H3,15,17,19). The van der Waals surface area contributed by atoms with Crippen molar-refractivity contribution in [2.45, 2.75) is 13.8 Å². The fourth-order valence-corrected chi connectivity index (χ4v) is 1.73. The van der Waals surface area contributed by atoms with E-state index < -0.39 is 6.03 Å². The third-order valence-corrected chi connectivity index (χ3v) is 2.79. The SMILES string of the molecule is CC(C)C(CN)C(=O)Nc1cccc(NC(N)=O)c1. The minimum atomic E-state index is -0.648. The number of urea groups is 1. The van der Waals surface area contributed by atoms with Crippen molar-refractivity contribution in [2.24, 2.45) is 23.3 Å². The smallest absolute Gasteiger partial charge is 0.316 e. The molecular weight excluding hydrogens is 244 g/mol. The molecule has 1 aromatic carbocycles. The molecule has 6 nitrogen and oxygen atoms in total. The Kier molecular flexibility index (Phi) is 5.32. The van der Waals surface area contributed by atoms with Gasteiger partial charge in [-0.2, -0.15) is 0 Å². The van der Waals surface area contributed by atoms with Crippen LogP contribution in [0.15, 0.2) is 24.3 Å². The van der Waals surface area contributed by atoms with Crippen LogP contribution >= 0.6 is 0 Å². The van der Waals surface area contributed by atoms with Crippen LogP contribution in [-0.2, 0) is 4.79 Å². The number of primary amides is 1. The zero-order valence-corrected chi connectivity index (χ0v) is 11.1. The zero-order valence-electron chi connectivity index (χ0n) is 11.1. The van der Waals surface area contributed by atoms with E-state index in [0.29, 0.717) is 17.9 Å². The zero-order chi connectivity index (χ0) is 14.4. The molecule has 0 radical (unpaired) electrons. The van der Waals surface area contributed by atoms with Gasteiger partial charge < -0.3 is 22.1 Å². The first-order chi connectivity index (χ1) is 8.93. The van der Waals surface area contributed by atoms with E-state index in [1.54, 1.807) is 24.3 Å². The van der Waals surface area contributed by atoms with Gasteiger partial charge >= 0.3 is 6.03 Å². The second-order valence-corrected chi connectivity index (χ2v) is 4.65. The monoisotopic (exact) mass is 264 g/mol. The molecule has 3 amide bonds. The van der Waals surface area contributed by atoms with Gasteiger partial charge in [0.2, 0.25) is 5.91 Å². The molecule has 1 aromatic rings. The summed E-state index contributed by atoms with van der Waals surface area (Å²) >= 11 is 0. The summed E-state index contributed by atoms with van der Waals surface area (Å²) in [7, 11) is 0. The Morgan fingerprint density at radius 3 is 2.26 bits per heavy atom. The second kappa shape index (κ2) is 6.75. The van der Waals surface area contributed by atoms with E-state index in [4.69, 9.17) is 11.5 Å². The maximum atomic E-state index is 12.0. The Morgan fingerprint density at radius 1 is 1.21 bits per heavy atom. The van der Waals surface area contributed by atoms with Gasteiger partial charge in [-0.05, 0) is 24.1 Å². The number of amides is 3. The number of anilines is 2. The van der Waals surface area contributed by atoms with Gasteiger partial charge in [-0.15, -0.1) is 0 Å². The number of carbonyl (C=O) groups excluding carboxylic acids is 2. The fraction of sp³-hybridized carbons (Fsp3) is 0.385. The Morgan fingerprint density at radius 2 is 1.79 bits per heavy atom. The highest BCUT2D eigenvalue weighted by molar-refractivity contribution is 5.94. The van der Waals surface area contributed by atoms with Crippen molar-refractivity contribution < 1.29 is 9.59 Å². The molecule has 19 heavy (non-hydrogen) atoms. The van der Waals surface area contributed by atoms with Crippen LogP contribution in [0.25, 0.3) is 0 Å². The van der Waals surface area contributed by atoms with E-state index in [2.05, 4.69) is 10.6 Å². The van der Waals surface area contributed by atoms with Gasteiger partial charge in [-0.1, -0.05) is 19.9 Å². The molecule has 0 fully saturated rings. The van der Waals surface area contributed by atoms with Crippen LogP contribution in [0.4, 0.5) is 16.2 Å². The third kappa shape index (κ3) is 4.59. The van der Waals surface area contributed by atoms with Crippen LogP contribution in [0.2, 0.25) is 0 Å². The van der Waals surface area contributed by atoms with Crippen molar-refractivity contribution in [2.75, 3.05) is 17.2 Å². The summed E-state index contributed by atoms with van der Waals surface area (Å²) in [6, 6.07) is 6.12. The molecule has 0 aliphatic carbocycles. The molecule has 1 rings (SSSR count). The second-order valence-electron chi connectivity index (χ2n) is 4.65. The lowest BCUT2D eigenvalue weighted by atomic mass is 9.95. The summed E-state index contributed by atoms with van der Waals surface area (Å²) in [4.78, 5) is 22.8. The number of benzene rings is 1. The predicted octanol–water partition coefficient (Wildman–Crippen LogP) is 1.35. The number of nitrogens with two attached hydrogens (primary N) is 2. The number of hydrogen-bond donors (Lipinski definition) is 4. The lowest BCUT2D eigenvalue weighted by Crippen LogP contribution is -2.33. The van der Waals surface area contributed by atoms with Crippen molar-refractivity contribution in [3.05, 3.63) is 24.3 Å². The average molecular weight is 264 g/mol. The van der Waals surface area contributed by atoms with Gasteiger partial charge in [0.1, 0.15) is 0 Å². The molecule has 0 saturated heterocycles. The minimum Gasteiger partial charge on any atom is -0.351 e. The van der Waals surface area contributed by atoms with Crippen molar-refractivity contribution >= 4 is 23.3 Å². The van der Waals surface area contributed by atoms with Crippen LogP contribution in [0.5, 0.6) is 0 Å². The number of nitrogens with one attached hydrogen (secondary N) is 2. The first-order valence-electron chi connectivity index (χ1n) is 6.11. The van der Waals surface area contributed by atoms with Gasteiger partial charge in [-0.25, -0.2) is 4.79 Å². The van der Waals surface area contributed by atoms with Crippen LogP contribution in [0.3, 0.4) is 0 Å². The fourth-order valence-electron chi connectivity index (χ4n) is 1.73. The first kappa shape index (κ1) is 15.0. The lowest BCUT2D eigenvalue weighted by molar-refractivity contribution is -0.120. The van der Waals surface area contributed by atoms with E-state index in [1.807, 2.05) is 13.8 Å². The molecule has 0 heterocycles. The third-order valence-electron chi connectivity index (χ3n) is 2.79. The quantitative estimate of drug-likeness (QED) is 0.644. The molecular formula is C13H20N4O2. The molecule has 0 spiro atoms. The average Bonchev–Trinajstić information content (AvgIpc) is 2.28. The summed E-state index contributed by atoms with van der Waals surface area (Å²) in [5, 5.41) is 5.22. The van der Waals surface area contributed by atoms with E-state index in [-0.39, 0.29) is 17.7 Å². The molecule has 0 bridgehead atoms. The predicted molar refractivity (Wildman–Crippen MR) is 75.7 cm³/mol. The van der Waals surface area contributed by atoms with Crippen LogP contribution in [0.1, 0.15) is 13.8 Å². The summed E-state index contributed by atoms with van der Waals surface area (Å²) in [6.07, 6.45) is 0. The van der Waals surface area contributed by atoms with E-state index >= 15 is 0 Å². The molecule has 6 heteroatoms. The van der Waals surface area contributed by atoms with Gasteiger partial charge in [-0.3, -0.25) is 4.79 Å². The highest BCUT2D eigenvalue weighted by Gasteiger charge is 2.20. The number of hydrogen-bond acceptors (Lipinski definition) is 3. The highest BCUT2D eigenvalue weighted by atomic mass is 16.2. The van der Waals surface area contributed by atoms with Crippen molar-refractivity contribution in [1.29, 1.82) is 0 Å². The van der Waals surface area contributed by atoms with Crippen molar-refractivity contribution in [3.63, 3.8) is 0 Å². The van der Waals surface area contributed by atoms with Crippen molar-refractivity contribution in [1.82, 2.24) is 0 Å². The normalized spacial score (nSPS) is 12.0. The maximum absolute atomic E-state index is 12.0. The van der Waals surface area contributed by atoms with Crippen LogP contribution in [0, 0.1) is 11.8 Å². The largest absolute Gasteiger partial charge is 0.351 e. The van der Waals surface area contributed by atoms with Crippen molar-refractivity contribution in [3.8, 4) is 0 Å². The Hall–Kier alpha value is -2.08. The minimum absolute atomic E-state index is 0.131. The van der Waals surface area contributed by atoms with E-state index in [0.717, 1.165) is 0 Å². The molecule has 1 atom stereocenters. The van der Waals surface area contributed by atoms with Crippen LogP contribution < -0.4 is 22.1 Å². The van der Waals surface area contributed by atoms with E-state index in [9.17, 15) is 9.59 Å². The van der Waals surface area contributed by atoms with Gasteiger partial charge in [0.05, 0.1) is 5.92 Å². The molecule has 104 valence electrons. The van der Waals surface area contributed by atoms with Gasteiger partial charge in [0, 0.05) is 17.9 Å². The Labute approximate surface area is 112 Å². The summed E-state index contributed by atoms with van der Waals surface area (Å²) in [5.74, 6) is -0.210. The summed E-state index contributed by atoms with van der Waals surface area (Å²) in [6.45, 7) is 4.19. The molecule has 0 aliphatic rings. The lowest BCUT2D eigenvalue weighted by Gasteiger charge is -2.18. The molecule has 0 saturated carbocycles. The highest BCUT2D eigenvalue weighted by Crippen LogP contribution is 2.17.